The number of aromatic nitrogens is 1. The van der Waals surface area contributed by atoms with Crippen LogP contribution in [0.4, 0.5) is 5.69 Å². The van der Waals surface area contributed by atoms with Crippen molar-refractivity contribution in [3.63, 3.8) is 0 Å². The van der Waals surface area contributed by atoms with Crippen LogP contribution in [0.5, 0.6) is 0 Å². The molecule has 0 spiro atoms. The summed E-state index contributed by atoms with van der Waals surface area (Å²) in [6.07, 6.45) is 8.93. The number of nitrogens with zero attached hydrogens (tertiary/aromatic N) is 2. The van der Waals surface area contributed by atoms with Crippen molar-refractivity contribution < 1.29 is 0 Å². The van der Waals surface area contributed by atoms with Crippen LogP contribution in [0.3, 0.4) is 0 Å². The van der Waals surface area contributed by atoms with Gasteiger partial charge in [0, 0.05) is 6.20 Å². The number of anilines is 1. The fourth-order valence-electron chi connectivity index (χ4n) is 0.976. The summed E-state index contributed by atoms with van der Waals surface area (Å²) in [6, 6.07) is 3.73. The van der Waals surface area contributed by atoms with Gasteiger partial charge in [-0.2, -0.15) is 0 Å². The van der Waals surface area contributed by atoms with Gasteiger partial charge in [0.2, 0.25) is 0 Å². The molecule has 0 bridgehead atoms. The van der Waals surface area contributed by atoms with Crippen molar-refractivity contribution in [2.75, 3.05) is 19.4 Å². The van der Waals surface area contributed by atoms with Crippen molar-refractivity contribution >= 4 is 5.69 Å². The lowest BCUT2D eigenvalue weighted by Gasteiger charge is -2.22. The zero-order valence-electron chi connectivity index (χ0n) is 8.70. The minimum atomic E-state index is 0.200. The predicted molar refractivity (Wildman–Crippen MR) is 57.2 cm³/mol. The van der Waals surface area contributed by atoms with Crippen LogP contribution in [0.2, 0.25) is 0 Å². The Kier molecular flexibility index (Phi) is 3.49. The van der Waals surface area contributed by atoms with E-state index in [1.54, 1.807) is 6.20 Å². The molecule has 0 aliphatic heterocycles. The average Bonchev–Trinajstić information content (AvgIpc) is 2.18. The Morgan fingerprint density at radius 1 is 1.57 bits per heavy atom. The van der Waals surface area contributed by atoms with Gasteiger partial charge < -0.3 is 5.32 Å². The SMILES string of the molecule is [C]#Cc1ncccc1NC(C)N(C)C. The highest BCUT2D eigenvalue weighted by atomic mass is 15.2. The molecule has 3 heteroatoms. The fourth-order valence-corrected chi connectivity index (χ4v) is 0.976. The van der Waals surface area contributed by atoms with Crippen molar-refractivity contribution in [2.45, 2.75) is 13.1 Å². The van der Waals surface area contributed by atoms with Crippen LogP contribution in [-0.4, -0.2) is 30.1 Å². The van der Waals surface area contributed by atoms with Crippen molar-refractivity contribution in [1.82, 2.24) is 9.88 Å². The van der Waals surface area contributed by atoms with Gasteiger partial charge in [0.15, 0.2) is 0 Å². The quantitative estimate of drug-likeness (QED) is 0.573. The zero-order valence-corrected chi connectivity index (χ0v) is 8.70. The lowest BCUT2D eigenvalue weighted by Crippen LogP contribution is -2.32. The molecule has 14 heavy (non-hydrogen) atoms. The topological polar surface area (TPSA) is 28.2 Å². The molecule has 0 amide bonds. The van der Waals surface area contributed by atoms with Crippen molar-refractivity contribution in [1.29, 1.82) is 0 Å². The smallest absolute Gasteiger partial charge is 0.137 e. The summed E-state index contributed by atoms with van der Waals surface area (Å²) < 4.78 is 0. The van der Waals surface area contributed by atoms with Crippen molar-refractivity contribution in [3.05, 3.63) is 30.4 Å². The van der Waals surface area contributed by atoms with Crippen LogP contribution < -0.4 is 5.32 Å². The summed E-state index contributed by atoms with van der Waals surface area (Å²) in [4.78, 5) is 6.07. The molecule has 1 aromatic heterocycles. The Hall–Kier alpha value is -1.53. The van der Waals surface area contributed by atoms with E-state index in [4.69, 9.17) is 6.42 Å². The van der Waals surface area contributed by atoms with Crippen LogP contribution in [0.15, 0.2) is 18.3 Å². The van der Waals surface area contributed by atoms with Gasteiger partial charge in [0.1, 0.15) is 5.69 Å². The molecule has 0 aliphatic carbocycles. The molecule has 0 saturated carbocycles. The molecule has 1 aromatic rings. The molecule has 1 N–H and O–H groups in total. The van der Waals surface area contributed by atoms with Gasteiger partial charge in [-0.15, -0.1) is 0 Å². The van der Waals surface area contributed by atoms with E-state index in [-0.39, 0.29) is 6.17 Å². The number of rotatable bonds is 3. The highest BCUT2D eigenvalue weighted by Crippen LogP contribution is 2.12. The fraction of sp³-hybridized carbons (Fsp3) is 0.364. The van der Waals surface area contributed by atoms with Crippen molar-refractivity contribution in [3.8, 4) is 5.92 Å². The highest BCUT2D eigenvalue weighted by Gasteiger charge is 2.06. The average molecular weight is 188 g/mol. The van der Waals surface area contributed by atoms with Gasteiger partial charge in [-0.1, -0.05) is 0 Å². The lowest BCUT2D eigenvalue weighted by atomic mass is 10.3. The number of hydrogen-bond donors (Lipinski definition) is 1. The number of pyridine rings is 1. The van der Waals surface area contributed by atoms with Gasteiger partial charge in [-0.25, -0.2) is 4.98 Å². The van der Waals surface area contributed by atoms with E-state index < -0.39 is 0 Å². The minimum absolute atomic E-state index is 0.200. The molecule has 73 valence electrons. The summed E-state index contributed by atoms with van der Waals surface area (Å²) in [7, 11) is 3.98. The molecular formula is C11H14N3. The summed E-state index contributed by atoms with van der Waals surface area (Å²) in [5.41, 5.74) is 1.38. The molecule has 0 saturated heterocycles. The van der Waals surface area contributed by atoms with E-state index in [9.17, 15) is 0 Å². The van der Waals surface area contributed by atoms with Crippen LogP contribution in [0.25, 0.3) is 0 Å². The first kappa shape index (κ1) is 10.6. The maximum absolute atomic E-state index is 7.07. The third-order valence-electron chi connectivity index (χ3n) is 2.07. The van der Waals surface area contributed by atoms with E-state index in [0.717, 1.165) is 5.69 Å². The molecule has 1 unspecified atom stereocenters. The van der Waals surface area contributed by atoms with Crippen LogP contribution in [0.1, 0.15) is 12.6 Å². The van der Waals surface area contributed by atoms with Crippen LogP contribution >= 0.6 is 0 Å². The molecule has 3 nitrogen and oxygen atoms in total. The third kappa shape index (κ3) is 2.48. The van der Waals surface area contributed by atoms with Crippen molar-refractivity contribution in [2.24, 2.45) is 0 Å². The van der Waals surface area contributed by atoms with Gasteiger partial charge in [0.05, 0.1) is 11.9 Å². The second-order valence-electron chi connectivity index (χ2n) is 3.31. The molecule has 1 heterocycles. The maximum Gasteiger partial charge on any atom is 0.137 e. The lowest BCUT2D eigenvalue weighted by molar-refractivity contribution is 0.343. The largest absolute Gasteiger partial charge is 0.368 e. The Bertz CT molecular complexity index is 339. The van der Waals surface area contributed by atoms with Gasteiger partial charge >= 0.3 is 0 Å². The molecule has 1 atom stereocenters. The summed E-state index contributed by atoms with van der Waals surface area (Å²) in [6.45, 7) is 2.04. The van der Waals surface area contributed by atoms with E-state index in [2.05, 4.69) is 16.2 Å². The normalized spacial score (nSPS) is 12.2. The monoisotopic (exact) mass is 188 g/mol. The first-order valence-corrected chi connectivity index (χ1v) is 4.46. The Morgan fingerprint density at radius 3 is 2.86 bits per heavy atom. The van der Waals surface area contributed by atoms with Gasteiger partial charge in [-0.05, 0) is 45.5 Å². The van der Waals surface area contributed by atoms with Crippen LogP contribution in [0, 0.1) is 12.3 Å². The Morgan fingerprint density at radius 2 is 2.29 bits per heavy atom. The zero-order chi connectivity index (χ0) is 10.6. The molecule has 0 aromatic carbocycles. The molecule has 1 radical (unpaired) electrons. The van der Waals surface area contributed by atoms with E-state index in [0.29, 0.717) is 5.69 Å². The second-order valence-corrected chi connectivity index (χ2v) is 3.31. The van der Waals surface area contributed by atoms with E-state index in [1.165, 1.54) is 0 Å². The predicted octanol–water partition coefficient (Wildman–Crippen LogP) is 1.34. The number of hydrogen-bond acceptors (Lipinski definition) is 3. The standard InChI is InChI=1S/C11H14N3/c1-5-10-11(7-6-8-12-10)13-9(2)14(3)4/h6-9,13H,2-4H3. The Labute approximate surface area is 85.1 Å². The second kappa shape index (κ2) is 4.64. The summed E-state index contributed by atoms with van der Waals surface area (Å²) in [5.74, 6) is 2.30. The maximum atomic E-state index is 7.07. The van der Waals surface area contributed by atoms with Crippen LogP contribution in [-0.2, 0) is 0 Å². The Balaban J connectivity index is 2.82. The molecular weight excluding hydrogens is 174 g/mol. The highest BCUT2D eigenvalue weighted by molar-refractivity contribution is 5.54. The first-order valence-electron chi connectivity index (χ1n) is 4.46. The first-order chi connectivity index (χ1) is 6.65. The van der Waals surface area contributed by atoms with E-state index >= 15 is 0 Å². The molecule has 0 fully saturated rings. The van der Waals surface area contributed by atoms with E-state index in [1.807, 2.05) is 38.1 Å². The summed E-state index contributed by atoms with van der Waals surface area (Å²) in [5, 5.41) is 3.24. The van der Waals surface area contributed by atoms with Gasteiger partial charge in [0.25, 0.3) is 0 Å². The minimum Gasteiger partial charge on any atom is -0.368 e. The summed E-state index contributed by atoms with van der Waals surface area (Å²) >= 11 is 0. The molecule has 0 aliphatic rings. The third-order valence-corrected chi connectivity index (χ3v) is 2.07. The number of nitrogens with one attached hydrogen (secondary N) is 1. The van der Waals surface area contributed by atoms with Gasteiger partial charge in [-0.3, -0.25) is 4.90 Å². The molecule has 1 rings (SSSR count).